The molecule has 0 N–H and O–H groups in total. The van der Waals surface area contributed by atoms with Crippen molar-refractivity contribution in [1.82, 2.24) is 0 Å². The molecule has 1 aliphatic carbocycles. The van der Waals surface area contributed by atoms with Crippen LogP contribution in [0.5, 0.6) is 0 Å². The maximum atomic E-state index is 12.2. The van der Waals surface area contributed by atoms with Gasteiger partial charge in [-0.3, -0.25) is 0 Å². The van der Waals surface area contributed by atoms with Gasteiger partial charge in [0.2, 0.25) is 0 Å². The second-order valence-corrected chi connectivity index (χ2v) is 5.84. The highest BCUT2D eigenvalue weighted by Crippen LogP contribution is 2.43. The number of fused-ring (bicyclic) bond motifs is 1. The van der Waals surface area contributed by atoms with E-state index in [1.165, 1.54) is 0 Å². The standard InChI is InChI=1S/C18H20O2/c1-6-13-8-9-14-15(10-13)18(4,5)11-12(3)16(14)17(19)20-7-2/h1,8-10H,7,11H2,2-5H3. The normalized spacial score (nSPS) is 16.4. The molecule has 0 saturated carbocycles. The Morgan fingerprint density at radius 3 is 2.75 bits per heavy atom. The summed E-state index contributed by atoms with van der Waals surface area (Å²) in [6, 6.07) is 5.84. The number of terminal acetylenes is 1. The highest BCUT2D eigenvalue weighted by Gasteiger charge is 2.34. The predicted octanol–water partition coefficient (Wildman–Crippen LogP) is 3.69. The Morgan fingerprint density at radius 2 is 2.15 bits per heavy atom. The molecule has 0 heterocycles. The van der Waals surface area contributed by atoms with E-state index >= 15 is 0 Å². The molecule has 1 aromatic rings. The van der Waals surface area contributed by atoms with E-state index in [-0.39, 0.29) is 11.4 Å². The molecule has 2 nitrogen and oxygen atoms in total. The predicted molar refractivity (Wildman–Crippen MR) is 81.2 cm³/mol. The summed E-state index contributed by atoms with van der Waals surface area (Å²) in [6.07, 6.45) is 6.32. The van der Waals surface area contributed by atoms with Crippen molar-refractivity contribution < 1.29 is 9.53 Å². The van der Waals surface area contributed by atoms with Crippen LogP contribution < -0.4 is 0 Å². The molecule has 0 unspecified atom stereocenters. The molecule has 0 aromatic heterocycles. The van der Waals surface area contributed by atoms with Gasteiger partial charge in [0.25, 0.3) is 0 Å². The molecular weight excluding hydrogens is 248 g/mol. The molecule has 1 aromatic carbocycles. The van der Waals surface area contributed by atoms with Crippen LogP contribution in [0.1, 0.15) is 50.8 Å². The summed E-state index contributed by atoms with van der Waals surface area (Å²) >= 11 is 0. The number of carbonyl (C=O) groups excluding carboxylic acids is 1. The Labute approximate surface area is 120 Å². The second kappa shape index (κ2) is 5.17. The number of allylic oxidation sites excluding steroid dienone is 1. The Kier molecular flexibility index (Phi) is 3.72. The smallest absolute Gasteiger partial charge is 0.338 e. The Hall–Kier alpha value is -2.01. The van der Waals surface area contributed by atoms with Gasteiger partial charge < -0.3 is 4.74 Å². The number of ether oxygens (including phenoxy) is 1. The van der Waals surface area contributed by atoms with Gasteiger partial charge in [0.15, 0.2) is 0 Å². The fourth-order valence-corrected chi connectivity index (χ4v) is 2.98. The third kappa shape index (κ3) is 2.36. The van der Waals surface area contributed by atoms with Crippen LogP contribution in [0.3, 0.4) is 0 Å². The number of hydrogen-bond donors (Lipinski definition) is 0. The van der Waals surface area contributed by atoms with Crippen LogP contribution in [0.25, 0.3) is 5.57 Å². The molecule has 0 bridgehead atoms. The molecule has 0 aliphatic heterocycles. The van der Waals surface area contributed by atoms with Gasteiger partial charge in [-0.1, -0.05) is 31.4 Å². The van der Waals surface area contributed by atoms with Gasteiger partial charge in [-0.25, -0.2) is 4.79 Å². The molecule has 0 atom stereocenters. The zero-order valence-corrected chi connectivity index (χ0v) is 12.5. The van der Waals surface area contributed by atoms with Gasteiger partial charge in [-0.05, 0) is 48.9 Å². The molecule has 0 fully saturated rings. The second-order valence-electron chi connectivity index (χ2n) is 5.84. The Balaban J connectivity index is 2.64. The first-order valence-electron chi connectivity index (χ1n) is 6.89. The van der Waals surface area contributed by atoms with E-state index < -0.39 is 0 Å². The fourth-order valence-electron chi connectivity index (χ4n) is 2.98. The lowest BCUT2D eigenvalue weighted by Gasteiger charge is -2.34. The van der Waals surface area contributed by atoms with Gasteiger partial charge in [0.1, 0.15) is 0 Å². The molecule has 2 rings (SSSR count). The van der Waals surface area contributed by atoms with Crippen molar-refractivity contribution in [3.8, 4) is 12.3 Å². The number of hydrogen-bond acceptors (Lipinski definition) is 2. The molecular formula is C18H20O2. The average Bonchev–Trinajstić information content (AvgIpc) is 2.38. The molecule has 104 valence electrons. The topological polar surface area (TPSA) is 26.3 Å². The van der Waals surface area contributed by atoms with Crippen molar-refractivity contribution in [2.45, 2.75) is 39.5 Å². The maximum absolute atomic E-state index is 12.2. The summed E-state index contributed by atoms with van der Waals surface area (Å²) in [4.78, 5) is 12.2. The third-order valence-electron chi connectivity index (χ3n) is 3.80. The summed E-state index contributed by atoms with van der Waals surface area (Å²) in [5.41, 5.74) is 4.68. The molecule has 2 heteroatoms. The lowest BCUT2D eigenvalue weighted by Crippen LogP contribution is -2.26. The average molecular weight is 268 g/mol. The molecule has 0 spiro atoms. The minimum atomic E-state index is -0.241. The SMILES string of the molecule is C#Cc1ccc2c(c1)C(C)(C)CC(C)=C2C(=O)OCC. The fraction of sp³-hybridized carbons (Fsp3) is 0.389. The quantitative estimate of drug-likeness (QED) is 0.604. The Morgan fingerprint density at radius 1 is 1.45 bits per heavy atom. The van der Waals surface area contributed by atoms with E-state index in [1.54, 1.807) is 0 Å². The summed E-state index contributed by atoms with van der Waals surface area (Å²) in [7, 11) is 0. The number of carbonyl (C=O) groups is 1. The molecule has 0 saturated heterocycles. The van der Waals surface area contributed by atoms with Gasteiger partial charge in [-0.15, -0.1) is 6.42 Å². The summed E-state index contributed by atoms with van der Waals surface area (Å²) in [5, 5.41) is 0. The highest BCUT2D eigenvalue weighted by atomic mass is 16.5. The van der Waals surface area contributed by atoms with Crippen LogP contribution in [0.4, 0.5) is 0 Å². The van der Waals surface area contributed by atoms with E-state index in [9.17, 15) is 4.79 Å². The van der Waals surface area contributed by atoms with Crippen molar-refractivity contribution in [3.05, 3.63) is 40.5 Å². The minimum Gasteiger partial charge on any atom is -0.462 e. The van der Waals surface area contributed by atoms with Crippen LogP contribution in [0, 0.1) is 12.3 Å². The van der Waals surface area contributed by atoms with Crippen LogP contribution in [-0.4, -0.2) is 12.6 Å². The third-order valence-corrected chi connectivity index (χ3v) is 3.80. The van der Waals surface area contributed by atoms with E-state index in [1.807, 2.05) is 32.0 Å². The first-order valence-corrected chi connectivity index (χ1v) is 6.89. The van der Waals surface area contributed by atoms with Crippen molar-refractivity contribution in [2.24, 2.45) is 0 Å². The van der Waals surface area contributed by atoms with E-state index in [0.717, 1.165) is 28.7 Å². The summed E-state index contributed by atoms with van der Waals surface area (Å²) in [6.45, 7) is 8.57. The van der Waals surface area contributed by atoms with Crippen LogP contribution in [0.2, 0.25) is 0 Å². The zero-order chi connectivity index (χ0) is 14.9. The highest BCUT2D eigenvalue weighted by molar-refractivity contribution is 6.18. The molecule has 20 heavy (non-hydrogen) atoms. The van der Waals surface area contributed by atoms with Gasteiger partial charge in [0, 0.05) is 5.56 Å². The number of rotatable bonds is 2. The van der Waals surface area contributed by atoms with E-state index in [2.05, 4.69) is 19.8 Å². The van der Waals surface area contributed by atoms with E-state index in [0.29, 0.717) is 12.2 Å². The van der Waals surface area contributed by atoms with Crippen molar-refractivity contribution >= 4 is 11.5 Å². The number of esters is 1. The van der Waals surface area contributed by atoms with Gasteiger partial charge in [-0.2, -0.15) is 0 Å². The van der Waals surface area contributed by atoms with Gasteiger partial charge >= 0.3 is 5.97 Å². The van der Waals surface area contributed by atoms with E-state index in [4.69, 9.17) is 11.2 Å². The van der Waals surface area contributed by atoms with Crippen LogP contribution in [0.15, 0.2) is 23.8 Å². The first kappa shape index (κ1) is 14.4. The summed E-state index contributed by atoms with van der Waals surface area (Å²) < 4.78 is 5.20. The zero-order valence-electron chi connectivity index (χ0n) is 12.5. The van der Waals surface area contributed by atoms with Crippen molar-refractivity contribution in [2.75, 3.05) is 6.61 Å². The number of benzene rings is 1. The lowest BCUT2D eigenvalue weighted by atomic mass is 9.70. The van der Waals surface area contributed by atoms with Crippen LogP contribution >= 0.6 is 0 Å². The Bertz CT molecular complexity index is 627. The van der Waals surface area contributed by atoms with Gasteiger partial charge in [0.05, 0.1) is 12.2 Å². The maximum Gasteiger partial charge on any atom is 0.338 e. The monoisotopic (exact) mass is 268 g/mol. The first-order chi connectivity index (χ1) is 9.40. The molecule has 1 aliphatic rings. The van der Waals surface area contributed by atoms with Crippen LogP contribution in [-0.2, 0) is 14.9 Å². The largest absolute Gasteiger partial charge is 0.462 e. The molecule has 0 amide bonds. The molecule has 0 radical (unpaired) electrons. The minimum absolute atomic E-state index is 0.0255. The van der Waals surface area contributed by atoms with Crippen molar-refractivity contribution in [1.29, 1.82) is 0 Å². The van der Waals surface area contributed by atoms with Crippen molar-refractivity contribution in [3.63, 3.8) is 0 Å². The lowest BCUT2D eigenvalue weighted by molar-refractivity contribution is -0.136. The summed E-state index contributed by atoms with van der Waals surface area (Å²) in [5.74, 6) is 2.42.